The van der Waals surface area contributed by atoms with E-state index < -0.39 is 0 Å². The molecule has 2 aromatic heterocycles. The van der Waals surface area contributed by atoms with E-state index in [1.54, 1.807) is 0 Å². The van der Waals surface area contributed by atoms with Crippen LogP contribution in [0.3, 0.4) is 0 Å². The molecule has 0 spiro atoms. The molecule has 0 saturated carbocycles. The van der Waals surface area contributed by atoms with Crippen molar-refractivity contribution in [1.82, 2.24) is 0 Å². The first kappa shape index (κ1) is 28.6. The Morgan fingerprint density at radius 2 is 0.960 bits per heavy atom. The van der Waals surface area contributed by atoms with Crippen LogP contribution in [0.25, 0.3) is 52.9 Å². The molecule has 3 nitrogen and oxygen atoms in total. The Kier molecular flexibility index (Phi) is 6.68. The average molecular weight is 659 g/mol. The molecule has 10 aromatic rings. The summed E-state index contributed by atoms with van der Waals surface area (Å²) in [6.07, 6.45) is 0. The minimum atomic E-state index is 0.840. The van der Waals surface area contributed by atoms with Crippen LogP contribution >= 0.6 is 11.3 Å². The molecule has 0 radical (unpaired) electrons. The third-order valence-corrected chi connectivity index (χ3v) is 10.8. The number of fused-ring (bicyclic) bond motifs is 8. The van der Waals surface area contributed by atoms with E-state index >= 15 is 0 Å². The lowest BCUT2D eigenvalue weighted by Gasteiger charge is -2.29. The normalized spacial score (nSPS) is 11.6. The van der Waals surface area contributed by atoms with Crippen molar-refractivity contribution in [3.8, 4) is 0 Å². The minimum Gasteiger partial charge on any atom is -0.454 e. The molecule has 2 heterocycles. The van der Waals surface area contributed by atoms with Gasteiger partial charge in [-0.25, -0.2) is 0 Å². The number of hydrogen-bond donors (Lipinski definition) is 0. The lowest BCUT2D eigenvalue weighted by molar-refractivity contribution is 0.669. The van der Waals surface area contributed by atoms with Gasteiger partial charge in [0.15, 0.2) is 5.58 Å². The van der Waals surface area contributed by atoms with Gasteiger partial charge < -0.3 is 14.2 Å². The Bertz CT molecular complexity index is 2780. The van der Waals surface area contributed by atoms with Gasteiger partial charge in [-0.15, -0.1) is 11.3 Å². The van der Waals surface area contributed by atoms with Crippen LogP contribution in [-0.2, 0) is 0 Å². The summed E-state index contributed by atoms with van der Waals surface area (Å²) in [5, 5.41) is 7.07. The second-order valence-corrected chi connectivity index (χ2v) is 13.6. The molecule has 0 atom stereocenters. The predicted molar refractivity (Wildman–Crippen MR) is 213 cm³/mol. The van der Waals surface area contributed by atoms with E-state index in [0.717, 1.165) is 56.1 Å². The topological polar surface area (TPSA) is 19.6 Å². The SMILES string of the molecule is c1ccc(N(c2ccc(N(c3ccccc3)c3ccccc3)c3c2oc2ccc4ccccc4c23)c2cccc3c2sc2ccccc23)cc1. The van der Waals surface area contributed by atoms with Crippen LogP contribution in [0.1, 0.15) is 0 Å². The van der Waals surface area contributed by atoms with Gasteiger partial charge in [0.2, 0.25) is 0 Å². The zero-order chi connectivity index (χ0) is 33.0. The monoisotopic (exact) mass is 658 g/mol. The van der Waals surface area contributed by atoms with Crippen LogP contribution < -0.4 is 9.80 Å². The standard InChI is InChI=1S/C46H30N2OS/c1-4-16-32(17-5-1)47(33-18-6-2-7-19-33)38-28-29-39(45-44(38)43-35-22-11-10-15-31(35)27-30-41(43)49-45)48(34-20-8-3-9-21-34)40-25-14-24-37-36-23-12-13-26-42(36)50-46(37)40/h1-30H. The van der Waals surface area contributed by atoms with Crippen molar-refractivity contribution >= 4 is 98.3 Å². The van der Waals surface area contributed by atoms with Gasteiger partial charge in [-0.3, -0.25) is 0 Å². The maximum atomic E-state index is 7.08. The Labute approximate surface area is 293 Å². The molecular weight excluding hydrogens is 629 g/mol. The van der Waals surface area contributed by atoms with Crippen molar-refractivity contribution in [3.63, 3.8) is 0 Å². The molecule has 4 heteroatoms. The van der Waals surface area contributed by atoms with Gasteiger partial charge in [0.1, 0.15) is 5.58 Å². The van der Waals surface area contributed by atoms with E-state index in [9.17, 15) is 0 Å². The molecule has 50 heavy (non-hydrogen) atoms. The molecule has 10 rings (SSSR count). The highest BCUT2D eigenvalue weighted by molar-refractivity contribution is 7.26. The highest BCUT2D eigenvalue weighted by Gasteiger charge is 2.27. The zero-order valence-electron chi connectivity index (χ0n) is 27.0. The Balaban J connectivity index is 1.34. The second-order valence-electron chi connectivity index (χ2n) is 12.5. The number of furan rings is 1. The second kappa shape index (κ2) is 11.7. The van der Waals surface area contributed by atoms with Crippen LogP contribution in [0.4, 0.5) is 34.1 Å². The molecule has 236 valence electrons. The van der Waals surface area contributed by atoms with E-state index in [-0.39, 0.29) is 0 Å². The quantitative estimate of drug-likeness (QED) is 0.177. The fraction of sp³-hybridized carbons (Fsp3) is 0. The zero-order valence-corrected chi connectivity index (χ0v) is 27.8. The summed E-state index contributed by atoms with van der Waals surface area (Å²) in [7, 11) is 0. The van der Waals surface area contributed by atoms with Crippen molar-refractivity contribution in [3.05, 3.63) is 182 Å². The summed E-state index contributed by atoms with van der Waals surface area (Å²) < 4.78 is 9.60. The fourth-order valence-corrected chi connectivity index (χ4v) is 8.65. The first-order valence-electron chi connectivity index (χ1n) is 16.9. The van der Waals surface area contributed by atoms with Gasteiger partial charge in [0.25, 0.3) is 0 Å². The van der Waals surface area contributed by atoms with Crippen LogP contribution in [0.15, 0.2) is 186 Å². The molecular formula is C46H30N2OS. The van der Waals surface area contributed by atoms with E-state index in [0.29, 0.717) is 0 Å². The number of rotatable bonds is 6. The molecule has 0 bridgehead atoms. The molecule has 0 aliphatic rings. The van der Waals surface area contributed by atoms with Crippen molar-refractivity contribution < 1.29 is 4.42 Å². The van der Waals surface area contributed by atoms with Gasteiger partial charge in [0.05, 0.1) is 27.1 Å². The molecule has 0 saturated heterocycles. The summed E-state index contributed by atoms with van der Waals surface area (Å²) in [5.41, 5.74) is 8.10. The van der Waals surface area contributed by atoms with Crippen molar-refractivity contribution in [2.45, 2.75) is 0 Å². The summed E-state index contributed by atoms with van der Waals surface area (Å²) in [6.45, 7) is 0. The number of hydrogen-bond acceptors (Lipinski definition) is 4. The Morgan fingerprint density at radius 1 is 0.380 bits per heavy atom. The maximum Gasteiger partial charge on any atom is 0.161 e. The van der Waals surface area contributed by atoms with Crippen molar-refractivity contribution in [2.24, 2.45) is 0 Å². The maximum absolute atomic E-state index is 7.08. The minimum absolute atomic E-state index is 0.840. The first-order valence-corrected chi connectivity index (χ1v) is 17.7. The molecule has 0 unspecified atom stereocenters. The van der Waals surface area contributed by atoms with Gasteiger partial charge in [-0.2, -0.15) is 0 Å². The molecule has 0 N–H and O–H groups in total. The number of benzene rings is 8. The van der Waals surface area contributed by atoms with E-state index in [2.05, 4.69) is 192 Å². The van der Waals surface area contributed by atoms with Crippen LogP contribution in [-0.4, -0.2) is 0 Å². The highest BCUT2D eigenvalue weighted by Crippen LogP contribution is 2.51. The Morgan fingerprint density at radius 3 is 1.68 bits per heavy atom. The van der Waals surface area contributed by atoms with Crippen LogP contribution in [0, 0.1) is 0 Å². The first-order chi connectivity index (χ1) is 24.8. The van der Waals surface area contributed by atoms with E-state index in [4.69, 9.17) is 4.42 Å². The fourth-order valence-electron chi connectivity index (χ4n) is 7.45. The van der Waals surface area contributed by atoms with Gasteiger partial charge in [-0.05, 0) is 77.5 Å². The summed E-state index contributed by atoms with van der Waals surface area (Å²) in [4.78, 5) is 4.73. The van der Waals surface area contributed by atoms with Gasteiger partial charge in [0, 0.05) is 37.9 Å². The van der Waals surface area contributed by atoms with Crippen LogP contribution in [0.5, 0.6) is 0 Å². The number of para-hydroxylation sites is 3. The summed E-state index contributed by atoms with van der Waals surface area (Å²) in [6, 6.07) is 64.7. The average Bonchev–Trinajstić information content (AvgIpc) is 3.77. The number of anilines is 6. The number of nitrogens with zero attached hydrogens (tertiary/aromatic N) is 2. The smallest absolute Gasteiger partial charge is 0.161 e. The van der Waals surface area contributed by atoms with Gasteiger partial charge >= 0.3 is 0 Å². The molecule has 0 aliphatic heterocycles. The van der Waals surface area contributed by atoms with E-state index in [1.165, 1.54) is 30.9 Å². The molecule has 0 fully saturated rings. The lowest BCUT2D eigenvalue weighted by atomic mass is 10.0. The Hall–Kier alpha value is -6.36. The van der Waals surface area contributed by atoms with Crippen molar-refractivity contribution in [1.29, 1.82) is 0 Å². The molecule has 0 aliphatic carbocycles. The predicted octanol–water partition coefficient (Wildman–Crippen LogP) is 14.0. The van der Waals surface area contributed by atoms with Crippen molar-refractivity contribution in [2.75, 3.05) is 9.80 Å². The summed E-state index contributed by atoms with van der Waals surface area (Å²) >= 11 is 1.84. The third kappa shape index (κ3) is 4.50. The lowest BCUT2D eigenvalue weighted by Crippen LogP contribution is -2.13. The third-order valence-electron chi connectivity index (χ3n) is 9.62. The molecule has 8 aromatic carbocycles. The largest absolute Gasteiger partial charge is 0.454 e. The highest BCUT2D eigenvalue weighted by atomic mass is 32.1. The summed E-state index contributed by atoms with van der Waals surface area (Å²) in [5.74, 6) is 0. The van der Waals surface area contributed by atoms with Crippen LogP contribution in [0.2, 0.25) is 0 Å². The molecule has 0 amide bonds. The van der Waals surface area contributed by atoms with E-state index in [1.807, 2.05) is 11.3 Å². The number of thiophene rings is 1. The van der Waals surface area contributed by atoms with Gasteiger partial charge in [-0.1, -0.05) is 115 Å².